The first-order valence-corrected chi connectivity index (χ1v) is 5.25. The van der Waals surface area contributed by atoms with E-state index >= 15 is 0 Å². The van der Waals surface area contributed by atoms with Crippen molar-refractivity contribution in [1.82, 2.24) is 0 Å². The summed E-state index contributed by atoms with van der Waals surface area (Å²) < 4.78 is 5.68. The van der Waals surface area contributed by atoms with E-state index in [9.17, 15) is 0 Å². The van der Waals surface area contributed by atoms with Gasteiger partial charge in [-0.3, -0.25) is 0 Å². The molecule has 1 heterocycles. The molecule has 1 saturated heterocycles. The molecule has 70 valence electrons. The Balaban J connectivity index is 1.89. The molecule has 1 aliphatic heterocycles. The lowest BCUT2D eigenvalue weighted by Crippen LogP contribution is -2.37. The number of hydrogen-bond acceptors (Lipinski definition) is 2. The van der Waals surface area contributed by atoms with E-state index in [0.717, 1.165) is 18.9 Å². The van der Waals surface area contributed by atoms with Crippen LogP contribution in [0.5, 0.6) is 0 Å². The summed E-state index contributed by atoms with van der Waals surface area (Å²) in [5.41, 5.74) is 5.98. The smallest absolute Gasteiger partial charge is 0.0754 e. The van der Waals surface area contributed by atoms with Gasteiger partial charge in [-0.1, -0.05) is 19.3 Å². The van der Waals surface area contributed by atoms with Gasteiger partial charge in [0.05, 0.1) is 6.10 Å². The lowest BCUT2D eigenvalue weighted by atomic mass is 9.83. The average molecular weight is 169 g/mol. The Bertz CT molecular complexity index is 143. The SMILES string of the molecule is NC1CCOC1C1CCCCC1. The highest BCUT2D eigenvalue weighted by Gasteiger charge is 2.32. The third-order valence-electron chi connectivity index (χ3n) is 3.30. The van der Waals surface area contributed by atoms with Gasteiger partial charge in [-0.05, 0) is 25.2 Å². The molecule has 2 atom stereocenters. The molecule has 2 N–H and O–H groups in total. The predicted molar refractivity (Wildman–Crippen MR) is 48.9 cm³/mol. The summed E-state index contributed by atoms with van der Waals surface area (Å²) in [4.78, 5) is 0. The van der Waals surface area contributed by atoms with Gasteiger partial charge in [0.2, 0.25) is 0 Å². The minimum absolute atomic E-state index is 0.327. The molecular formula is C10H19NO. The highest BCUT2D eigenvalue weighted by Crippen LogP contribution is 2.31. The van der Waals surface area contributed by atoms with Crippen molar-refractivity contribution >= 4 is 0 Å². The van der Waals surface area contributed by atoms with Crippen molar-refractivity contribution in [2.24, 2.45) is 11.7 Å². The van der Waals surface area contributed by atoms with Crippen LogP contribution in [0.25, 0.3) is 0 Å². The molecule has 2 aliphatic rings. The Labute approximate surface area is 74.5 Å². The summed E-state index contributed by atoms with van der Waals surface area (Å²) in [6.45, 7) is 0.891. The van der Waals surface area contributed by atoms with Gasteiger partial charge in [-0.2, -0.15) is 0 Å². The van der Waals surface area contributed by atoms with Gasteiger partial charge in [-0.25, -0.2) is 0 Å². The highest BCUT2D eigenvalue weighted by atomic mass is 16.5. The molecule has 2 unspecified atom stereocenters. The number of rotatable bonds is 1. The second-order valence-corrected chi connectivity index (χ2v) is 4.19. The topological polar surface area (TPSA) is 35.2 Å². The molecule has 0 aromatic rings. The van der Waals surface area contributed by atoms with Gasteiger partial charge in [0.1, 0.15) is 0 Å². The Morgan fingerprint density at radius 1 is 1.00 bits per heavy atom. The molecule has 2 fully saturated rings. The minimum Gasteiger partial charge on any atom is -0.376 e. The van der Waals surface area contributed by atoms with Crippen LogP contribution < -0.4 is 5.73 Å². The maximum absolute atomic E-state index is 5.98. The number of ether oxygens (including phenoxy) is 1. The molecule has 0 bridgehead atoms. The third kappa shape index (κ3) is 1.64. The molecular weight excluding hydrogens is 150 g/mol. The maximum Gasteiger partial charge on any atom is 0.0754 e. The maximum atomic E-state index is 5.98. The Hall–Kier alpha value is -0.0800. The van der Waals surface area contributed by atoms with Crippen LogP contribution in [0.2, 0.25) is 0 Å². The van der Waals surface area contributed by atoms with Crippen molar-refractivity contribution in [1.29, 1.82) is 0 Å². The van der Waals surface area contributed by atoms with Crippen LogP contribution in [0.3, 0.4) is 0 Å². The van der Waals surface area contributed by atoms with Gasteiger partial charge in [0.25, 0.3) is 0 Å². The van der Waals surface area contributed by atoms with Crippen molar-refractivity contribution in [3.8, 4) is 0 Å². The Morgan fingerprint density at radius 3 is 2.33 bits per heavy atom. The molecule has 0 aromatic heterocycles. The average Bonchev–Trinajstić information content (AvgIpc) is 2.53. The monoisotopic (exact) mass is 169 g/mol. The van der Waals surface area contributed by atoms with Crippen molar-refractivity contribution in [3.05, 3.63) is 0 Å². The second-order valence-electron chi connectivity index (χ2n) is 4.19. The first-order valence-electron chi connectivity index (χ1n) is 5.25. The summed E-state index contributed by atoms with van der Waals surface area (Å²) >= 11 is 0. The summed E-state index contributed by atoms with van der Waals surface area (Å²) in [6.07, 6.45) is 8.34. The lowest BCUT2D eigenvalue weighted by molar-refractivity contribution is 0.0409. The van der Waals surface area contributed by atoms with Crippen molar-refractivity contribution in [3.63, 3.8) is 0 Å². The summed E-state index contributed by atoms with van der Waals surface area (Å²) in [5, 5.41) is 0. The molecule has 0 spiro atoms. The van der Waals surface area contributed by atoms with Gasteiger partial charge in [0.15, 0.2) is 0 Å². The van der Waals surface area contributed by atoms with Crippen molar-refractivity contribution < 1.29 is 4.74 Å². The molecule has 1 saturated carbocycles. The van der Waals surface area contributed by atoms with Crippen LogP contribution in [0.1, 0.15) is 38.5 Å². The molecule has 1 aliphatic carbocycles. The lowest BCUT2D eigenvalue weighted by Gasteiger charge is -2.28. The quantitative estimate of drug-likeness (QED) is 0.648. The first-order chi connectivity index (χ1) is 5.88. The van der Waals surface area contributed by atoms with Crippen LogP contribution in [-0.2, 0) is 4.74 Å². The van der Waals surface area contributed by atoms with E-state index in [-0.39, 0.29) is 0 Å². The van der Waals surface area contributed by atoms with Gasteiger partial charge in [0, 0.05) is 12.6 Å². The fourth-order valence-corrected chi connectivity index (χ4v) is 2.58. The normalized spacial score (nSPS) is 38.8. The van der Waals surface area contributed by atoms with E-state index in [1.165, 1.54) is 32.1 Å². The Morgan fingerprint density at radius 2 is 1.75 bits per heavy atom. The predicted octanol–water partition coefficient (Wildman–Crippen LogP) is 1.68. The van der Waals surface area contributed by atoms with Gasteiger partial charge in [-0.15, -0.1) is 0 Å². The van der Waals surface area contributed by atoms with Crippen molar-refractivity contribution in [2.45, 2.75) is 50.7 Å². The van der Waals surface area contributed by atoms with Crippen LogP contribution in [-0.4, -0.2) is 18.8 Å². The first kappa shape index (κ1) is 8.52. The molecule has 0 amide bonds. The molecule has 0 radical (unpaired) electrons. The molecule has 2 rings (SSSR count). The van der Waals surface area contributed by atoms with Gasteiger partial charge >= 0.3 is 0 Å². The molecule has 2 heteroatoms. The van der Waals surface area contributed by atoms with E-state index < -0.39 is 0 Å². The van der Waals surface area contributed by atoms with E-state index in [0.29, 0.717) is 12.1 Å². The van der Waals surface area contributed by atoms with E-state index in [4.69, 9.17) is 10.5 Å². The zero-order valence-electron chi connectivity index (χ0n) is 7.67. The van der Waals surface area contributed by atoms with Crippen LogP contribution in [0.4, 0.5) is 0 Å². The minimum atomic E-state index is 0.327. The van der Waals surface area contributed by atoms with E-state index in [1.807, 2.05) is 0 Å². The van der Waals surface area contributed by atoms with Crippen LogP contribution in [0, 0.1) is 5.92 Å². The van der Waals surface area contributed by atoms with Crippen LogP contribution in [0.15, 0.2) is 0 Å². The molecule has 12 heavy (non-hydrogen) atoms. The standard InChI is InChI=1S/C10H19NO/c11-9-6-7-12-10(9)8-4-2-1-3-5-8/h8-10H,1-7,11H2. The summed E-state index contributed by atoms with van der Waals surface area (Å²) in [6, 6.07) is 0.327. The zero-order valence-corrected chi connectivity index (χ0v) is 7.67. The third-order valence-corrected chi connectivity index (χ3v) is 3.30. The summed E-state index contributed by atoms with van der Waals surface area (Å²) in [5.74, 6) is 0.774. The summed E-state index contributed by atoms with van der Waals surface area (Å²) in [7, 11) is 0. The highest BCUT2D eigenvalue weighted by molar-refractivity contribution is 4.86. The second kappa shape index (κ2) is 3.75. The van der Waals surface area contributed by atoms with Crippen LogP contribution >= 0.6 is 0 Å². The number of nitrogens with two attached hydrogens (primary N) is 1. The van der Waals surface area contributed by atoms with Crippen molar-refractivity contribution in [2.75, 3.05) is 6.61 Å². The largest absolute Gasteiger partial charge is 0.376 e. The molecule has 0 aromatic carbocycles. The fraction of sp³-hybridized carbons (Fsp3) is 1.00. The van der Waals surface area contributed by atoms with Gasteiger partial charge < -0.3 is 10.5 Å². The van der Waals surface area contributed by atoms with E-state index in [2.05, 4.69) is 0 Å². The molecule has 2 nitrogen and oxygen atoms in total. The Kier molecular flexibility index (Phi) is 2.66. The van der Waals surface area contributed by atoms with E-state index in [1.54, 1.807) is 0 Å². The fourth-order valence-electron chi connectivity index (χ4n) is 2.58. The number of hydrogen-bond donors (Lipinski definition) is 1. The zero-order chi connectivity index (χ0) is 8.39.